The summed E-state index contributed by atoms with van der Waals surface area (Å²) in [6.07, 6.45) is 4.42. The van der Waals surface area contributed by atoms with Crippen LogP contribution in [0.4, 0.5) is 0 Å². The molecule has 3 nitrogen and oxygen atoms in total. The van der Waals surface area contributed by atoms with Crippen LogP contribution in [0, 0.1) is 5.41 Å². The maximum atomic E-state index is 7.22. The molecule has 1 fully saturated rings. The highest BCUT2D eigenvalue weighted by Gasteiger charge is 2.28. The first-order chi connectivity index (χ1) is 7.75. The summed E-state index contributed by atoms with van der Waals surface area (Å²) in [5, 5.41) is 9.35. The van der Waals surface area contributed by atoms with Crippen LogP contribution in [0.25, 0.3) is 0 Å². The average molecular weight is 237 g/mol. The lowest BCUT2D eigenvalue weighted by atomic mass is 10.2. The zero-order valence-corrected chi connectivity index (χ0v) is 10.3. The van der Waals surface area contributed by atoms with Crippen LogP contribution in [0.2, 0.25) is 0 Å². The van der Waals surface area contributed by atoms with Crippen LogP contribution in [-0.4, -0.2) is 23.3 Å². The molecule has 1 aliphatic carbocycles. The molecule has 16 heavy (non-hydrogen) atoms. The summed E-state index contributed by atoms with van der Waals surface area (Å²) in [7, 11) is 0. The Kier molecular flexibility index (Phi) is 3.96. The monoisotopic (exact) mass is 237 g/mol. The van der Waals surface area contributed by atoms with Crippen LogP contribution in [0.1, 0.15) is 30.6 Å². The Balaban J connectivity index is 1.78. The fourth-order valence-corrected chi connectivity index (χ4v) is 2.64. The summed E-state index contributed by atoms with van der Waals surface area (Å²) in [5.74, 6) is 0.312. The van der Waals surface area contributed by atoms with Crippen LogP contribution >= 0.6 is 11.3 Å². The summed E-state index contributed by atoms with van der Waals surface area (Å²) >= 11 is 1.83. The highest BCUT2D eigenvalue weighted by molar-refractivity contribution is 7.09. The first-order valence-corrected chi connectivity index (χ1v) is 6.73. The fourth-order valence-electron chi connectivity index (χ4n) is 1.91. The molecule has 1 aromatic heterocycles. The Morgan fingerprint density at radius 1 is 1.56 bits per heavy atom. The van der Waals surface area contributed by atoms with Gasteiger partial charge < -0.3 is 5.73 Å². The molecule has 0 atom stereocenters. The van der Waals surface area contributed by atoms with Gasteiger partial charge in [0, 0.05) is 23.9 Å². The second kappa shape index (κ2) is 5.46. The standard InChI is InChI=1S/C12H19N3S/c13-12(14)4-1-7-15(10-5-6-10)9-11-3-2-8-16-11/h2-3,8,10H,1,4-7,9H2,(H3,13,14). The van der Waals surface area contributed by atoms with Gasteiger partial charge in [0.15, 0.2) is 0 Å². The first-order valence-electron chi connectivity index (χ1n) is 5.85. The summed E-state index contributed by atoms with van der Waals surface area (Å²) < 4.78 is 0. The molecule has 1 saturated carbocycles. The Labute approximate surface area is 101 Å². The number of hydrogen-bond donors (Lipinski definition) is 2. The van der Waals surface area contributed by atoms with Crippen molar-refractivity contribution in [1.29, 1.82) is 5.41 Å². The molecule has 3 N–H and O–H groups in total. The van der Waals surface area contributed by atoms with E-state index >= 15 is 0 Å². The second-order valence-corrected chi connectivity index (χ2v) is 5.44. The molecule has 2 rings (SSSR count). The van der Waals surface area contributed by atoms with E-state index in [2.05, 4.69) is 22.4 Å². The van der Waals surface area contributed by atoms with E-state index in [0.29, 0.717) is 5.84 Å². The number of amidine groups is 1. The van der Waals surface area contributed by atoms with Crippen LogP contribution in [0.5, 0.6) is 0 Å². The van der Waals surface area contributed by atoms with Gasteiger partial charge in [0.25, 0.3) is 0 Å². The van der Waals surface area contributed by atoms with E-state index in [1.807, 2.05) is 11.3 Å². The number of nitrogens with one attached hydrogen (secondary N) is 1. The van der Waals surface area contributed by atoms with Gasteiger partial charge in [-0.3, -0.25) is 10.3 Å². The Morgan fingerprint density at radius 3 is 2.94 bits per heavy atom. The van der Waals surface area contributed by atoms with E-state index in [0.717, 1.165) is 32.0 Å². The third-order valence-corrected chi connectivity index (χ3v) is 3.75. The number of thiophene rings is 1. The van der Waals surface area contributed by atoms with E-state index in [1.165, 1.54) is 17.7 Å². The Bertz CT molecular complexity index is 330. The zero-order chi connectivity index (χ0) is 11.4. The van der Waals surface area contributed by atoms with E-state index in [-0.39, 0.29) is 0 Å². The molecule has 0 bridgehead atoms. The van der Waals surface area contributed by atoms with E-state index < -0.39 is 0 Å². The van der Waals surface area contributed by atoms with Gasteiger partial charge in [0.1, 0.15) is 0 Å². The minimum absolute atomic E-state index is 0.312. The summed E-state index contributed by atoms with van der Waals surface area (Å²) in [6, 6.07) is 5.10. The van der Waals surface area contributed by atoms with Crippen molar-refractivity contribution in [3.05, 3.63) is 22.4 Å². The molecule has 0 radical (unpaired) electrons. The Hall–Kier alpha value is -0.870. The van der Waals surface area contributed by atoms with Gasteiger partial charge in [-0.25, -0.2) is 0 Å². The average Bonchev–Trinajstić information content (AvgIpc) is 2.96. The molecule has 0 amide bonds. The van der Waals surface area contributed by atoms with Crippen LogP contribution in [0.15, 0.2) is 17.5 Å². The molecular weight excluding hydrogens is 218 g/mol. The lowest BCUT2D eigenvalue weighted by Crippen LogP contribution is -2.27. The van der Waals surface area contributed by atoms with Gasteiger partial charge >= 0.3 is 0 Å². The summed E-state index contributed by atoms with van der Waals surface area (Å²) in [5.41, 5.74) is 5.37. The molecule has 88 valence electrons. The van der Waals surface area contributed by atoms with E-state index in [1.54, 1.807) is 0 Å². The lowest BCUT2D eigenvalue weighted by molar-refractivity contribution is 0.255. The third-order valence-electron chi connectivity index (χ3n) is 2.89. The van der Waals surface area contributed by atoms with Crippen molar-refractivity contribution < 1.29 is 0 Å². The van der Waals surface area contributed by atoms with Gasteiger partial charge in [-0.2, -0.15) is 0 Å². The maximum absolute atomic E-state index is 7.22. The SMILES string of the molecule is N=C(N)CCCN(Cc1cccs1)C1CC1. The molecule has 0 saturated heterocycles. The molecule has 1 aliphatic rings. The quantitative estimate of drug-likeness (QED) is 0.565. The van der Waals surface area contributed by atoms with Crippen molar-refractivity contribution in [1.82, 2.24) is 4.90 Å². The zero-order valence-electron chi connectivity index (χ0n) is 9.48. The topological polar surface area (TPSA) is 53.1 Å². The minimum Gasteiger partial charge on any atom is -0.388 e. The van der Waals surface area contributed by atoms with Gasteiger partial charge in [-0.05, 0) is 37.3 Å². The number of nitrogens with two attached hydrogens (primary N) is 1. The molecule has 0 aromatic carbocycles. The fraction of sp³-hybridized carbons (Fsp3) is 0.583. The van der Waals surface area contributed by atoms with Crippen molar-refractivity contribution in [3.63, 3.8) is 0 Å². The van der Waals surface area contributed by atoms with Gasteiger partial charge in [0.2, 0.25) is 0 Å². The van der Waals surface area contributed by atoms with Crippen molar-refractivity contribution in [2.75, 3.05) is 6.54 Å². The van der Waals surface area contributed by atoms with Gasteiger partial charge in [-0.15, -0.1) is 11.3 Å². The normalized spacial score (nSPS) is 15.6. The van der Waals surface area contributed by atoms with Gasteiger partial charge in [-0.1, -0.05) is 6.07 Å². The van der Waals surface area contributed by atoms with Crippen molar-refractivity contribution in [3.8, 4) is 0 Å². The molecule has 0 unspecified atom stereocenters. The van der Waals surface area contributed by atoms with Crippen molar-refractivity contribution in [2.24, 2.45) is 5.73 Å². The second-order valence-electron chi connectivity index (χ2n) is 4.41. The van der Waals surface area contributed by atoms with E-state index in [9.17, 15) is 0 Å². The van der Waals surface area contributed by atoms with Crippen molar-refractivity contribution >= 4 is 17.2 Å². The molecule has 0 aliphatic heterocycles. The smallest absolute Gasteiger partial charge is 0.0905 e. The molecule has 1 aromatic rings. The highest BCUT2D eigenvalue weighted by Crippen LogP contribution is 2.29. The minimum atomic E-state index is 0.312. The van der Waals surface area contributed by atoms with Crippen LogP contribution in [-0.2, 0) is 6.54 Å². The molecular formula is C12H19N3S. The lowest BCUT2D eigenvalue weighted by Gasteiger charge is -2.20. The predicted molar refractivity (Wildman–Crippen MR) is 68.9 cm³/mol. The molecule has 4 heteroatoms. The van der Waals surface area contributed by atoms with Crippen molar-refractivity contribution in [2.45, 2.75) is 38.3 Å². The number of hydrogen-bond acceptors (Lipinski definition) is 3. The largest absolute Gasteiger partial charge is 0.388 e. The third kappa shape index (κ3) is 3.61. The van der Waals surface area contributed by atoms with Crippen LogP contribution < -0.4 is 5.73 Å². The number of rotatable bonds is 7. The molecule has 0 spiro atoms. The Morgan fingerprint density at radius 2 is 2.38 bits per heavy atom. The number of nitrogens with zero attached hydrogens (tertiary/aromatic N) is 1. The van der Waals surface area contributed by atoms with E-state index in [4.69, 9.17) is 11.1 Å². The summed E-state index contributed by atoms with van der Waals surface area (Å²) in [4.78, 5) is 3.98. The summed E-state index contributed by atoms with van der Waals surface area (Å²) in [6.45, 7) is 2.14. The maximum Gasteiger partial charge on any atom is 0.0905 e. The van der Waals surface area contributed by atoms with Crippen LogP contribution in [0.3, 0.4) is 0 Å². The van der Waals surface area contributed by atoms with Gasteiger partial charge in [0.05, 0.1) is 5.84 Å². The first kappa shape index (κ1) is 11.6. The molecule has 1 heterocycles. The predicted octanol–water partition coefficient (Wildman–Crippen LogP) is 2.43. The highest BCUT2D eigenvalue weighted by atomic mass is 32.1.